The number of rotatable bonds is 4. The quantitative estimate of drug-likeness (QED) is 0.619. The average molecular weight is 393 g/mol. The highest BCUT2D eigenvalue weighted by molar-refractivity contribution is 7.99. The molecule has 1 aliphatic carbocycles. The standard InChI is InChI=1S/C18H18ClFN4OS/c19-14-10-13(6-7-15(14)20)23-8-9-24-16(17(23)25)21-22-18(24)26-11-12-4-2-1-3-5-12/h6-10,12H,1-5,11H2. The molecule has 1 aromatic carbocycles. The zero-order chi connectivity index (χ0) is 18.1. The van der Waals surface area contributed by atoms with Crippen LogP contribution in [0.4, 0.5) is 4.39 Å². The van der Waals surface area contributed by atoms with E-state index in [0.29, 0.717) is 11.6 Å². The Bertz CT molecular complexity index is 997. The van der Waals surface area contributed by atoms with Crippen LogP contribution in [0.15, 0.2) is 40.5 Å². The largest absolute Gasteiger partial charge is 0.300 e. The van der Waals surface area contributed by atoms with Crippen LogP contribution in [0.1, 0.15) is 32.1 Å². The summed E-state index contributed by atoms with van der Waals surface area (Å²) in [6.45, 7) is 0. The zero-order valence-corrected chi connectivity index (χ0v) is 15.6. The highest BCUT2D eigenvalue weighted by Crippen LogP contribution is 2.29. The maximum atomic E-state index is 13.4. The van der Waals surface area contributed by atoms with Gasteiger partial charge >= 0.3 is 5.56 Å². The van der Waals surface area contributed by atoms with Gasteiger partial charge in [0.15, 0.2) is 5.16 Å². The molecule has 3 aromatic rings. The highest BCUT2D eigenvalue weighted by atomic mass is 35.5. The average Bonchev–Trinajstić information content (AvgIpc) is 3.08. The maximum Gasteiger partial charge on any atom is 0.300 e. The van der Waals surface area contributed by atoms with E-state index in [4.69, 9.17) is 11.6 Å². The first-order valence-corrected chi connectivity index (χ1v) is 10.0. The molecule has 0 radical (unpaired) electrons. The minimum absolute atomic E-state index is 0.0283. The lowest BCUT2D eigenvalue weighted by Crippen LogP contribution is -2.20. The van der Waals surface area contributed by atoms with Crippen molar-refractivity contribution in [2.45, 2.75) is 37.3 Å². The van der Waals surface area contributed by atoms with Gasteiger partial charge in [0, 0.05) is 18.1 Å². The Morgan fingerprint density at radius 2 is 2.00 bits per heavy atom. The molecule has 26 heavy (non-hydrogen) atoms. The van der Waals surface area contributed by atoms with E-state index in [2.05, 4.69) is 10.2 Å². The van der Waals surface area contributed by atoms with Gasteiger partial charge in [0.1, 0.15) is 5.82 Å². The fourth-order valence-electron chi connectivity index (χ4n) is 3.35. The highest BCUT2D eigenvalue weighted by Gasteiger charge is 2.17. The summed E-state index contributed by atoms with van der Waals surface area (Å²) in [7, 11) is 0. The monoisotopic (exact) mass is 392 g/mol. The van der Waals surface area contributed by atoms with Gasteiger partial charge in [-0.1, -0.05) is 42.6 Å². The summed E-state index contributed by atoms with van der Waals surface area (Å²) in [5.41, 5.74) is 0.426. The molecule has 0 atom stereocenters. The van der Waals surface area contributed by atoms with Crippen molar-refractivity contribution < 1.29 is 4.39 Å². The topological polar surface area (TPSA) is 52.2 Å². The smallest absolute Gasteiger partial charge is 0.280 e. The molecule has 0 spiro atoms. The molecule has 5 nitrogen and oxygen atoms in total. The molecule has 0 amide bonds. The van der Waals surface area contributed by atoms with Gasteiger partial charge in [0.05, 0.1) is 10.7 Å². The molecule has 1 saturated carbocycles. The second-order valence-electron chi connectivity index (χ2n) is 6.56. The van der Waals surface area contributed by atoms with Crippen molar-refractivity contribution in [1.29, 1.82) is 0 Å². The van der Waals surface area contributed by atoms with E-state index in [9.17, 15) is 9.18 Å². The van der Waals surface area contributed by atoms with Crippen LogP contribution in [0, 0.1) is 11.7 Å². The van der Waals surface area contributed by atoms with Crippen LogP contribution in [0.5, 0.6) is 0 Å². The van der Waals surface area contributed by atoms with E-state index >= 15 is 0 Å². The van der Waals surface area contributed by atoms with Crippen molar-refractivity contribution in [3.8, 4) is 5.69 Å². The number of halogens is 2. The summed E-state index contributed by atoms with van der Waals surface area (Å²) in [5, 5.41) is 8.94. The van der Waals surface area contributed by atoms with Gasteiger partial charge in [-0.3, -0.25) is 13.8 Å². The third-order valence-corrected chi connectivity index (χ3v) is 6.26. The molecule has 0 N–H and O–H groups in total. The number of thioether (sulfide) groups is 1. The Hall–Kier alpha value is -1.86. The van der Waals surface area contributed by atoms with Crippen LogP contribution in [0.3, 0.4) is 0 Å². The Morgan fingerprint density at radius 1 is 1.19 bits per heavy atom. The van der Waals surface area contributed by atoms with Crippen molar-refractivity contribution in [3.05, 3.63) is 51.8 Å². The first kappa shape index (κ1) is 17.5. The van der Waals surface area contributed by atoms with Gasteiger partial charge in [0.25, 0.3) is 0 Å². The summed E-state index contributed by atoms with van der Waals surface area (Å²) in [6.07, 6.45) is 9.86. The number of aromatic nitrogens is 4. The molecule has 8 heteroatoms. The lowest BCUT2D eigenvalue weighted by molar-refractivity contribution is 0.390. The molecule has 136 valence electrons. The molecule has 0 bridgehead atoms. The molecule has 0 unspecified atom stereocenters. The Morgan fingerprint density at radius 3 is 2.77 bits per heavy atom. The Kier molecular flexibility index (Phi) is 5.00. The van der Waals surface area contributed by atoms with Crippen molar-refractivity contribution in [3.63, 3.8) is 0 Å². The molecule has 2 aromatic heterocycles. The number of fused-ring (bicyclic) bond motifs is 1. The van der Waals surface area contributed by atoms with Crippen molar-refractivity contribution in [1.82, 2.24) is 19.2 Å². The minimum atomic E-state index is -0.520. The molecular weight excluding hydrogens is 375 g/mol. The second kappa shape index (κ2) is 7.40. The molecule has 0 aliphatic heterocycles. The SMILES string of the molecule is O=c1c2nnc(SCC3CCCCC3)n2ccn1-c1ccc(F)c(Cl)c1. The van der Waals surface area contributed by atoms with Crippen molar-refractivity contribution in [2.24, 2.45) is 5.92 Å². The van der Waals surface area contributed by atoms with Crippen LogP contribution >= 0.6 is 23.4 Å². The first-order valence-electron chi connectivity index (χ1n) is 8.68. The first-order chi connectivity index (χ1) is 12.6. The summed E-state index contributed by atoms with van der Waals surface area (Å²) in [5.74, 6) is 1.19. The Labute approximate surface area is 159 Å². The van der Waals surface area contributed by atoms with E-state index in [1.54, 1.807) is 28.6 Å². The zero-order valence-electron chi connectivity index (χ0n) is 14.1. The minimum Gasteiger partial charge on any atom is -0.280 e. The van der Waals surface area contributed by atoms with Crippen LogP contribution in [-0.4, -0.2) is 24.9 Å². The lowest BCUT2D eigenvalue weighted by atomic mass is 9.91. The number of benzene rings is 1. The van der Waals surface area contributed by atoms with Crippen LogP contribution in [0.2, 0.25) is 5.02 Å². The summed E-state index contributed by atoms with van der Waals surface area (Å²) in [4.78, 5) is 12.7. The number of hydrogen-bond donors (Lipinski definition) is 0. The summed E-state index contributed by atoms with van der Waals surface area (Å²) < 4.78 is 16.5. The van der Waals surface area contributed by atoms with Crippen LogP contribution in [-0.2, 0) is 0 Å². The van der Waals surface area contributed by atoms with Gasteiger partial charge in [-0.2, -0.15) is 0 Å². The van der Waals surface area contributed by atoms with Gasteiger partial charge in [-0.15, -0.1) is 10.2 Å². The predicted octanol–water partition coefficient (Wildman–Crippen LogP) is 4.35. The van der Waals surface area contributed by atoms with E-state index in [1.165, 1.54) is 54.9 Å². The fourth-order valence-corrected chi connectivity index (χ4v) is 4.63. The van der Waals surface area contributed by atoms with Crippen molar-refractivity contribution in [2.75, 3.05) is 5.75 Å². The number of nitrogens with zero attached hydrogens (tertiary/aromatic N) is 4. The number of hydrogen-bond acceptors (Lipinski definition) is 4. The second-order valence-corrected chi connectivity index (χ2v) is 7.96. The third-order valence-electron chi connectivity index (χ3n) is 4.79. The normalized spacial score (nSPS) is 15.6. The molecular formula is C18H18ClFN4OS. The molecule has 2 heterocycles. The van der Waals surface area contributed by atoms with Crippen LogP contribution in [0.25, 0.3) is 11.3 Å². The maximum absolute atomic E-state index is 13.4. The van der Waals surface area contributed by atoms with Gasteiger partial charge in [-0.25, -0.2) is 4.39 Å². The third kappa shape index (κ3) is 3.38. The fraction of sp³-hybridized carbons (Fsp3) is 0.389. The Balaban J connectivity index is 1.62. The molecule has 1 fully saturated rings. The predicted molar refractivity (Wildman–Crippen MR) is 101 cm³/mol. The van der Waals surface area contributed by atoms with Crippen molar-refractivity contribution >= 4 is 29.0 Å². The molecule has 1 aliphatic rings. The van der Waals surface area contributed by atoms with E-state index in [-0.39, 0.29) is 16.2 Å². The molecule has 0 saturated heterocycles. The van der Waals surface area contributed by atoms with E-state index in [0.717, 1.165) is 10.9 Å². The lowest BCUT2D eigenvalue weighted by Gasteiger charge is -2.20. The van der Waals surface area contributed by atoms with Gasteiger partial charge < -0.3 is 0 Å². The van der Waals surface area contributed by atoms with E-state index < -0.39 is 5.82 Å². The van der Waals surface area contributed by atoms with Gasteiger partial charge in [-0.05, 0) is 37.0 Å². The summed E-state index contributed by atoms with van der Waals surface area (Å²) >= 11 is 7.47. The van der Waals surface area contributed by atoms with E-state index in [1.807, 2.05) is 0 Å². The van der Waals surface area contributed by atoms with Gasteiger partial charge in [0.2, 0.25) is 5.65 Å². The van der Waals surface area contributed by atoms with Crippen LogP contribution < -0.4 is 5.56 Å². The molecule has 4 rings (SSSR count). The summed E-state index contributed by atoms with van der Waals surface area (Å²) in [6, 6.07) is 4.17.